The number of nitrogens with zero attached hydrogens (tertiary/aromatic N) is 4. The Morgan fingerprint density at radius 2 is 2.06 bits per heavy atom. The predicted molar refractivity (Wildman–Crippen MR) is 109 cm³/mol. The number of alkyl halides is 3. The smallest absolute Gasteiger partial charge is 0.330 e. The van der Waals surface area contributed by atoms with Crippen molar-refractivity contribution in [2.24, 2.45) is 5.73 Å². The first kappa shape index (κ1) is 22.6. The lowest BCUT2D eigenvalue weighted by molar-refractivity contribution is -0.143. The quantitative estimate of drug-likeness (QED) is 0.741. The van der Waals surface area contributed by atoms with Gasteiger partial charge in [-0.15, -0.1) is 0 Å². The number of rotatable bonds is 5. The van der Waals surface area contributed by atoms with E-state index in [9.17, 15) is 28.0 Å². The van der Waals surface area contributed by atoms with Gasteiger partial charge in [-0.05, 0) is 37.8 Å². The van der Waals surface area contributed by atoms with E-state index < -0.39 is 35.9 Å². The van der Waals surface area contributed by atoms with Crippen LogP contribution in [0.3, 0.4) is 0 Å². The third-order valence-electron chi connectivity index (χ3n) is 6.88. The van der Waals surface area contributed by atoms with Gasteiger partial charge in [-0.2, -0.15) is 18.4 Å². The van der Waals surface area contributed by atoms with Crippen LogP contribution in [0.2, 0.25) is 0 Å². The van der Waals surface area contributed by atoms with E-state index in [1.807, 2.05) is 4.90 Å². The van der Waals surface area contributed by atoms with Gasteiger partial charge in [0.2, 0.25) is 11.8 Å². The highest BCUT2D eigenvalue weighted by Crippen LogP contribution is 2.41. The van der Waals surface area contributed by atoms with Gasteiger partial charge >= 0.3 is 6.18 Å². The van der Waals surface area contributed by atoms with E-state index in [-0.39, 0.29) is 30.0 Å². The first-order chi connectivity index (χ1) is 15.1. The Bertz CT molecular complexity index is 946. The first-order valence-electron chi connectivity index (χ1n) is 10.8. The summed E-state index contributed by atoms with van der Waals surface area (Å²) in [4.78, 5) is 30.7. The topological polar surface area (TPSA) is 93.7 Å². The minimum atomic E-state index is -4.50. The largest absolute Gasteiger partial charge is 0.416 e. The number of likely N-dealkylation sites (tertiary alicyclic amines) is 3. The number of piperazine rings is 1. The average Bonchev–Trinajstić information content (AvgIpc) is 3.46. The molecule has 2 N–H and O–H groups in total. The first-order valence-corrected chi connectivity index (χ1v) is 10.8. The highest BCUT2D eigenvalue weighted by atomic mass is 19.4. The molecule has 5 atom stereocenters. The van der Waals surface area contributed by atoms with Crippen molar-refractivity contribution in [3.8, 4) is 6.07 Å². The second-order valence-corrected chi connectivity index (χ2v) is 8.79. The molecule has 0 saturated carbocycles. The maximum Gasteiger partial charge on any atom is 0.416 e. The van der Waals surface area contributed by atoms with E-state index in [2.05, 4.69) is 6.07 Å². The number of hydrogen-bond acceptors (Lipinski definition) is 5. The summed E-state index contributed by atoms with van der Waals surface area (Å²) in [6, 6.07) is 4.70. The van der Waals surface area contributed by atoms with Crippen molar-refractivity contribution in [2.45, 2.75) is 62.6 Å². The van der Waals surface area contributed by atoms with E-state index in [1.54, 1.807) is 17.9 Å². The van der Waals surface area contributed by atoms with Gasteiger partial charge in [-0.25, -0.2) is 0 Å². The third kappa shape index (κ3) is 3.84. The molecule has 3 saturated heterocycles. The molecule has 0 aliphatic carbocycles. The Kier molecular flexibility index (Phi) is 5.90. The molecule has 7 nitrogen and oxygen atoms in total. The van der Waals surface area contributed by atoms with Gasteiger partial charge in [-0.3, -0.25) is 14.5 Å². The fraction of sp³-hybridized carbons (Fsp3) is 0.591. The minimum absolute atomic E-state index is 0.0795. The van der Waals surface area contributed by atoms with Crippen LogP contribution in [0, 0.1) is 11.3 Å². The fourth-order valence-corrected chi connectivity index (χ4v) is 5.38. The number of halogens is 3. The van der Waals surface area contributed by atoms with Gasteiger partial charge in [0.25, 0.3) is 0 Å². The molecule has 2 bridgehead atoms. The van der Waals surface area contributed by atoms with Crippen molar-refractivity contribution < 1.29 is 22.8 Å². The molecule has 3 aliphatic rings. The lowest BCUT2D eigenvalue weighted by Crippen LogP contribution is -2.56. The number of benzene rings is 1. The van der Waals surface area contributed by atoms with Gasteiger partial charge in [0.05, 0.1) is 29.8 Å². The number of amides is 2. The summed E-state index contributed by atoms with van der Waals surface area (Å²) in [5.41, 5.74) is 5.48. The molecule has 3 heterocycles. The molecular weight excluding hydrogens is 423 g/mol. The van der Waals surface area contributed by atoms with Gasteiger partial charge in [0.15, 0.2) is 0 Å². The van der Waals surface area contributed by atoms with E-state index in [1.165, 1.54) is 17.0 Å². The van der Waals surface area contributed by atoms with E-state index >= 15 is 0 Å². The fourth-order valence-electron chi connectivity index (χ4n) is 5.38. The summed E-state index contributed by atoms with van der Waals surface area (Å²) < 4.78 is 40.4. The van der Waals surface area contributed by atoms with Crippen LogP contribution in [0.15, 0.2) is 24.3 Å². The number of hydrogen-bond donors (Lipinski definition) is 1. The standard InChI is InChI=1S/C22H26F3N5O2/c1-13(16-6-2-3-7-17(16)22(23,24)25)30-15-9-19(21(30)32)28(11-15)12-18(27)20(31)29-8-4-5-14(29)10-26/h2-3,6-7,13-15,18-19H,4-5,8-9,11-12,27H2,1H3/t13-,14?,15?,18?,19?/m0/s1. The molecule has 3 fully saturated rings. The zero-order valence-electron chi connectivity index (χ0n) is 17.8. The molecule has 4 unspecified atom stereocenters. The van der Waals surface area contributed by atoms with Gasteiger partial charge in [-0.1, -0.05) is 18.2 Å². The zero-order valence-corrected chi connectivity index (χ0v) is 17.8. The zero-order chi connectivity index (χ0) is 23.2. The molecule has 10 heteroatoms. The molecule has 0 aromatic heterocycles. The van der Waals surface area contributed by atoms with Crippen LogP contribution in [0.5, 0.6) is 0 Å². The van der Waals surface area contributed by atoms with Crippen LogP contribution >= 0.6 is 0 Å². The Balaban J connectivity index is 1.44. The number of carbonyl (C=O) groups is 2. The van der Waals surface area contributed by atoms with Crippen molar-refractivity contribution >= 4 is 11.8 Å². The number of nitriles is 1. The number of fused-ring (bicyclic) bond motifs is 2. The van der Waals surface area contributed by atoms with E-state index in [4.69, 9.17) is 5.73 Å². The number of carbonyl (C=O) groups excluding carboxylic acids is 2. The Hall–Kier alpha value is -2.64. The Labute approximate surface area is 184 Å². The molecule has 4 rings (SSSR count). The van der Waals surface area contributed by atoms with Crippen LogP contribution < -0.4 is 5.73 Å². The van der Waals surface area contributed by atoms with Crippen molar-refractivity contribution in [3.05, 3.63) is 35.4 Å². The highest BCUT2D eigenvalue weighted by Gasteiger charge is 2.52. The minimum Gasteiger partial charge on any atom is -0.330 e. The summed E-state index contributed by atoms with van der Waals surface area (Å²) in [6.45, 7) is 2.76. The summed E-state index contributed by atoms with van der Waals surface area (Å²) >= 11 is 0. The van der Waals surface area contributed by atoms with Crippen molar-refractivity contribution in [3.63, 3.8) is 0 Å². The summed E-state index contributed by atoms with van der Waals surface area (Å²) in [5, 5.41) is 9.20. The maximum atomic E-state index is 13.5. The molecule has 2 amide bonds. The average molecular weight is 449 g/mol. The molecule has 3 aliphatic heterocycles. The summed E-state index contributed by atoms with van der Waals surface area (Å²) in [7, 11) is 0. The normalized spacial score (nSPS) is 27.6. The van der Waals surface area contributed by atoms with Crippen molar-refractivity contribution in [1.29, 1.82) is 5.26 Å². The molecule has 0 spiro atoms. The highest BCUT2D eigenvalue weighted by molar-refractivity contribution is 5.87. The number of nitrogens with two attached hydrogens (primary N) is 1. The van der Waals surface area contributed by atoms with Gasteiger partial charge in [0.1, 0.15) is 6.04 Å². The molecule has 1 aromatic rings. The second-order valence-electron chi connectivity index (χ2n) is 8.79. The van der Waals surface area contributed by atoms with Crippen molar-refractivity contribution in [2.75, 3.05) is 19.6 Å². The van der Waals surface area contributed by atoms with Gasteiger partial charge < -0.3 is 15.5 Å². The van der Waals surface area contributed by atoms with Crippen LogP contribution in [0.4, 0.5) is 13.2 Å². The molecule has 172 valence electrons. The van der Waals surface area contributed by atoms with Crippen LogP contribution in [-0.4, -0.2) is 70.3 Å². The lowest BCUT2D eigenvalue weighted by atomic mass is 9.99. The van der Waals surface area contributed by atoms with Crippen LogP contribution in [0.25, 0.3) is 0 Å². The van der Waals surface area contributed by atoms with Crippen LogP contribution in [-0.2, 0) is 15.8 Å². The molecular formula is C22H26F3N5O2. The van der Waals surface area contributed by atoms with Crippen molar-refractivity contribution in [1.82, 2.24) is 14.7 Å². The second kappa shape index (κ2) is 8.37. The van der Waals surface area contributed by atoms with E-state index in [0.717, 1.165) is 12.5 Å². The SMILES string of the molecule is C[C@@H](c1ccccc1C(F)(F)F)N1C(=O)C2CC1CN2CC(N)C(=O)N1CCCC1C#N. The summed E-state index contributed by atoms with van der Waals surface area (Å²) in [5.74, 6) is -0.532. The monoisotopic (exact) mass is 449 g/mol. The third-order valence-corrected chi connectivity index (χ3v) is 6.88. The maximum absolute atomic E-state index is 13.5. The predicted octanol–water partition coefficient (Wildman–Crippen LogP) is 1.89. The Morgan fingerprint density at radius 1 is 1.34 bits per heavy atom. The molecule has 32 heavy (non-hydrogen) atoms. The Morgan fingerprint density at radius 3 is 2.72 bits per heavy atom. The lowest BCUT2D eigenvalue weighted by Gasteiger charge is -2.39. The molecule has 0 radical (unpaired) electrons. The van der Waals surface area contributed by atoms with E-state index in [0.29, 0.717) is 25.9 Å². The summed E-state index contributed by atoms with van der Waals surface area (Å²) in [6.07, 6.45) is -2.60. The van der Waals surface area contributed by atoms with Gasteiger partial charge in [0, 0.05) is 25.7 Å². The molecule has 1 aromatic carbocycles. The van der Waals surface area contributed by atoms with Crippen LogP contribution in [0.1, 0.15) is 43.4 Å².